The maximum absolute atomic E-state index is 11.3. The Morgan fingerprint density at radius 3 is 2.76 bits per heavy atom. The molecular formula is C10H15N3O4. The average Bonchev–Trinajstić information content (AvgIpc) is 2.67. The summed E-state index contributed by atoms with van der Waals surface area (Å²) in [6.45, 7) is 3.37. The Morgan fingerprint density at radius 1 is 1.59 bits per heavy atom. The second kappa shape index (κ2) is 5.88. The SMILES string of the molecule is CC(C)OC(=O)N[C@@H](Cc1cnc[nH]1)C(=O)O. The Morgan fingerprint density at radius 2 is 2.29 bits per heavy atom. The van der Waals surface area contributed by atoms with Crippen molar-refractivity contribution >= 4 is 12.1 Å². The molecule has 0 spiro atoms. The van der Waals surface area contributed by atoms with Gasteiger partial charge in [0.05, 0.1) is 12.4 Å². The number of aromatic amines is 1. The lowest BCUT2D eigenvalue weighted by molar-refractivity contribution is -0.139. The summed E-state index contributed by atoms with van der Waals surface area (Å²) in [6, 6.07) is -1.04. The third-order valence-electron chi connectivity index (χ3n) is 1.91. The van der Waals surface area contributed by atoms with E-state index >= 15 is 0 Å². The fourth-order valence-electron chi connectivity index (χ4n) is 1.21. The fraction of sp³-hybridized carbons (Fsp3) is 0.500. The molecule has 0 fully saturated rings. The molecule has 1 heterocycles. The minimum Gasteiger partial charge on any atom is -0.480 e. The smallest absolute Gasteiger partial charge is 0.408 e. The molecule has 17 heavy (non-hydrogen) atoms. The van der Waals surface area contributed by atoms with Crippen LogP contribution < -0.4 is 5.32 Å². The quantitative estimate of drug-likeness (QED) is 0.697. The number of carboxylic acids is 1. The highest BCUT2D eigenvalue weighted by molar-refractivity contribution is 5.80. The minimum atomic E-state index is -1.12. The van der Waals surface area contributed by atoms with Gasteiger partial charge in [0.15, 0.2) is 0 Å². The van der Waals surface area contributed by atoms with E-state index in [1.165, 1.54) is 12.5 Å². The third-order valence-corrected chi connectivity index (χ3v) is 1.91. The predicted molar refractivity (Wildman–Crippen MR) is 58.5 cm³/mol. The number of carbonyl (C=O) groups is 2. The van der Waals surface area contributed by atoms with Gasteiger partial charge in [-0.15, -0.1) is 0 Å². The van der Waals surface area contributed by atoms with Crippen molar-refractivity contribution in [1.29, 1.82) is 0 Å². The van der Waals surface area contributed by atoms with Crippen LogP contribution in [0.5, 0.6) is 0 Å². The number of aliphatic carboxylic acids is 1. The first-order valence-corrected chi connectivity index (χ1v) is 5.16. The zero-order valence-corrected chi connectivity index (χ0v) is 9.64. The fourth-order valence-corrected chi connectivity index (χ4v) is 1.21. The van der Waals surface area contributed by atoms with Gasteiger partial charge in [-0.25, -0.2) is 14.6 Å². The number of H-pyrrole nitrogens is 1. The number of ether oxygens (including phenoxy) is 1. The number of alkyl carbamates (subject to hydrolysis) is 1. The van der Waals surface area contributed by atoms with Crippen LogP contribution in [0.4, 0.5) is 4.79 Å². The molecule has 0 aliphatic heterocycles. The highest BCUT2D eigenvalue weighted by Crippen LogP contribution is 2.00. The molecule has 0 aliphatic rings. The van der Waals surface area contributed by atoms with Gasteiger partial charge in [-0.3, -0.25) is 0 Å². The van der Waals surface area contributed by atoms with E-state index in [1.807, 2.05) is 0 Å². The van der Waals surface area contributed by atoms with Gasteiger partial charge in [0, 0.05) is 18.3 Å². The minimum absolute atomic E-state index is 0.128. The van der Waals surface area contributed by atoms with Crippen LogP contribution in [0.15, 0.2) is 12.5 Å². The summed E-state index contributed by atoms with van der Waals surface area (Å²) in [5, 5.41) is 11.2. The van der Waals surface area contributed by atoms with E-state index in [1.54, 1.807) is 13.8 Å². The zero-order valence-electron chi connectivity index (χ0n) is 9.64. The molecule has 1 atom stereocenters. The second-order valence-electron chi connectivity index (χ2n) is 3.77. The molecule has 1 rings (SSSR count). The topological polar surface area (TPSA) is 104 Å². The van der Waals surface area contributed by atoms with Gasteiger partial charge < -0.3 is 20.1 Å². The number of amides is 1. The van der Waals surface area contributed by atoms with Gasteiger partial charge in [0.2, 0.25) is 0 Å². The van der Waals surface area contributed by atoms with E-state index < -0.39 is 18.1 Å². The van der Waals surface area contributed by atoms with Gasteiger partial charge in [0.1, 0.15) is 6.04 Å². The van der Waals surface area contributed by atoms with E-state index in [4.69, 9.17) is 9.84 Å². The van der Waals surface area contributed by atoms with Crippen LogP contribution in [0, 0.1) is 0 Å². The molecule has 1 aromatic rings. The van der Waals surface area contributed by atoms with Crippen molar-refractivity contribution < 1.29 is 19.4 Å². The average molecular weight is 241 g/mol. The predicted octanol–water partition coefficient (Wildman–Crippen LogP) is 0.540. The van der Waals surface area contributed by atoms with Crippen molar-refractivity contribution in [3.8, 4) is 0 Å². The first-order valence-electron chi connectivity index (χ1n) is 5.16. The van der Waals surface area contributed by atoms with Crippen LogP contribution >= 0.6 is 0 Å². The molecular weight excluding hydrogens is 226 g/mol. The normalized spacial score (nSPS) is 12.2. The number of imidazole rings is 1. The van der Waals surface area contributed by atoms with Crippen LogP contribution in [0.25, 0.3) is 0 Å². The van der Waals surface area contributed by atoms with Gasteiger partial charge in [-0.2, -0.15) is 0 Å². The van der Waals surface area contributed by atoms with Crippen molar-refractivity contribution in [3.05, 3.63) is 18.2 Å². The molecule has 0 bridgehead atoms. The van der Waals surface area contributed by atoms with Crippen molar-refractivity contribution in [2.45, 2.75) is 32.4 Å². The summed E-state index contributed by atoms with van der Waals surface area (Å²) in [4.78, 5) is 28.8. The number of aromatic nitrogens is 2. The van der Waals surface area contributed by atoms with E-state index in [0.717, 1.165) is 0 Å². The largest absolute Gasteiger partial charge is 0.480 e. The summed E-state index contributed by atoms with van der Waals surface area (Å²) >= 11 is 0. The first-order chi connectivity index (χ1) is 7.99. The van der Waals surface area contributed by atoms with Crippen LogP contribution in [0.1, 0.15) is 19.5 Å². The Bertz CT molecular complexity index is 375. The lowest BCUT2D eigenvalue weighted by Crippen LogP contribution is -2.43. The van der Waals surface area contributed by atoms with Crippen LogP contribution in [-0.4, -0.2) is 39.3 Å². The monoisotopic (exact) mass is 241 g/mol. The number of carboxylic acid groups (broad SMARTS) is 1. The highest BCUT2D eigenvalue weighted by Gasteiger charge is 2.22. The van der Waals surface area contributed by atoms with E-state index in [0.29, 0.717) is 5.69 Å². The number of rotatable bonds is 5. The van der Waals surface area contributed by atoms with Crippen LogP contribution in [0.2, 0.25) is 0 Å². The summed E-state index contributed by atoms with van der Waals surface area (Å²) in [7, 11) is 0. The summed E-state index contributed by atoms with van der Waals surface area (Å²) in [5.41, 5.74) is 0.627. The van der Waals surface area contributed by atoms with Gasteiger partial charge in [-0.1, -0.05) is 0 Å². The molecule has 0 radical (unpaired) electrons. The molecule has 0 aliphatic carbocycles. The van der Waals surface area contributed by atoms with Gasteiger partial charge in [0.25, 0.3) is 0 Å². The van der Waals surface area contributed by atoms with Crippen LogP contribution in [0.3, 0.4) is 0 Å². The number of hydrogen-bond donors (Lipinski definition) is 3. The zero-order chi connectivity index (χ0) is 12.8. The molecule has 1 amide bonds. The molecule has 7 heteroatoms. The Labute approximate surface area is 98.2 Å². The molecule has 7 nitrogen and oxygen atoms in total. The Hall–Kier alpha value is -2.05. The summed E-state index contributed by atoms with van der Waals surface area (Å²) < 4.78 is 4.81. The van der Waals surface area contributed by atoms with Crippen molar-refractivity contribution in [3.63, 3.8) is 0 Å². The van der Waals surface area contributed by atoms with Crippen molar-refractivity contribution in [2.75, 3.05) is 0 Å². The molecule has 0 saturated carbocycles. The van der Waals surface area contributed by atoms with Crippen molar-refractivity contribution in [2.24, 2.45) is 0 Å². The standard InChI is InChI=1S/C10H15N3O4/c1-6(2)17-10(16)13-8(9(14)15)3-7-4-11-5-12-7/h4-6,8H,3H2,1-2H3,(H,11,12)(H,13,16)(H,14,15)/t8-/m0/s1. The van der Waals surface area contributed by atoms with Gasteiger partial charge >= 0.3 is 12.1 Å². The molecule has 3 N–H and O–H groups in total. The van der Waals surface area contributed by atoms with Crippen LogP contribution in [-0.2, 0) is 16.0 Å². The first kappa shape index (κ1) is 13.0. The summed E-state index contributed by atoms with van der Waals surface area (Å²) in [6.07, 6.45) is 2.04. The highest BCUT2D eigenvalue weighted by atomic mass is 16.6. The number of nitrogens with one attached hydrogen (secondary N) is 2. The van der Waals surface area contributed by atoms with Crippen molar-refractivity contribution in [1.82, 2.24) is 15.3 Å². The second-order valence-corrected chi connectivity index (χ2v) is 3.77. The summed E-state index contributed by atoms with van der Waals surface area (Å²) in [5.74, 6) is -1.12. The molecule has 0 aromatic carbocycles. The number of nitrogens with zero attached hydrogens (tertiary/aromatic N) is 1. The molecule has 1 aromatic heterocycles. The maximum atomic E-state index is 11.3. The lowest BCUT2D eigenvalue weighted by atomic mass is 10.2. The third kappa shape index (κ3) is 4.54. The molecule has 94 valence electrons. The van der Waals surface area contributed by atoms with E-state index in [2.05, 4.69) is 15.3 Å². The molecule has 0 unspecified atom stereocenters. The maximum Gasteiger partial charge on any atom is 0.408 e. The number of hydrogen-bond acceptors (Lipinski definition) is 4. The van der Waals surface area contributed by atoms with E-state index in [9.17, 15) is 9.59 Å². The lowest BCUT2D eigenvalue weighted by Gasteiger charge is -2.15. The number of carbonyl (C=O) groups excluding carboxylic acids is 1. The Balaban J connectivity index is 2.55. The molecule has 0 saturated heterocycles. The Kier molecular flexibility index (Phi) is 4.50. The van der Waals surface area contributed by atoms with E-state index in [-0.39, 0.29) is 12.5 Å². The van der Waals surface area contributed by atoms with Gasteiger partial charge in [-0.05, 0) is 13.8 Å².